The minimum atomic E-state index is -4.70. The Morgan fingerprint density at radius 2 is 2.00 bits per heavy atom. The van der Waals surface area contributed by atoms with Gasteiger partial charge in [0, 0.05) is 5.92 Å². The molecule has 0 aromatic heterocycles. The Bertz CT molecular complexity index is 1020. The topological polar surface area (TPSA) is 92.7 Å². The van der Waals surface area contributed by atoms with Crippen LogP contribution in [0.3, 0.4) is 0 Å². The lowest BCUT2D eigenvalue weighted by Gasteiger charge is -2.41. The molecule has 0 radical (unpaired) electrons. The number of benzene rings is 1. The van der Waals surface area contributed by atoms with E-state index in [-0.39, 0.29) is 11.5 Å². The van der Waals surface area contributed by atoms with Crippen molar-refractivity contribution in [3.8, 4) is 5.75 Å². The summed E-state index contributed by atoms with van der Waals surface area (Å²) >= 11 is 0. The van der Waals surface area contributed by atoms with Crippen LogP contribution >= 0.6 is 0 Å². The van der Waals surface area contributed by atoms with Gasteiger partial charge in [-0.25, -0.2) is 13.2 Å². The molecule has 0 amide bonds. The lowest BCUT2D eigenvalue weighted by Crippen LogP contribution is -2.45. The maximum absolute atomic E-state index is 13.7. The third-order valence-electron chi connectivity index (χ3n) is 7.25. The average molecular weight is 473 g/mol. The SMILES string of the molecule is C=CC1(Oc2cc(C(=O)OCCS(=O)(=O)[O-])ccc2C(F)(F)F)CC2CC1C1CCCC21. The molecule has 0 aliphatic heterocycles. The van der Waals surface area contributed by atoms with Gasteiger partial charge in [-0.05, 0) is 67.7 Å². The lowest BCUT2D eigenvalue weighted by molar-refractivity contribution is -0.140. The molecular formula is C22H24F3O6S-. The molecule has 5 atom stereocenters. The van der Waals surface area contributed by atoms with Gasteiger partial charge in [0.1, 0.15) is 18.0 Å². The second kappa shape index (κ2) is 8.06. The van der Waals surface area contributed by atoms with Crippen molar-refractivity contribution in [1.82, 2.24) is 0 Å². The zero-order chi connectivity index (χ0) is 23.3. The van der Waals surface area contributed by atoms with Crippen molar-refractivity contribution in [3.05, 3.63) is 42.0 Å². The van der Waals surface area contributed by atoms with Gasteiger partial charge in [0.25, 0.3) is 0 Å². The highest BCUT2D eigenvalue weighted by molar-refractivity contribution is 7.85. The molecule has 1 aromatic rings. The largest absolute Gasteiger partial charge is 0.748 e. The van der Waals surface area contributed by atoms with Crippen molar-refractivity contribution < 1.29 is 40.4 Å². The number of fused-ring (bicyclic) bond motifs is 5. The molecule has 3 saturated carbocycles. The van der Waals surface area contributed by atoms with Crippen LogP contribution in [0.5, 0.6) is 5.75 Å². The number of hydrogen-bond acceptors (Lipinski definition) is 6. The first-order valence-corrected chi connectivity index (χ1v) is 12.2. The van der Waals surface area contributed by atoms with E-state index < -0.39 is 51.5 Å². The smallest absolute Gasteiger partial charge is 0.419 e. The average Bonchev–Trinajstić information content (AvgIpc) is 3.38. The number of halogens is 3. The van der Waals surface area contributed by atoms with Gasteiger partial charge < -0.3 is 14.0 Å². The molecule has 3 aliphatic rings. The zero-order valence-corrected chi connectivity index (χ0v) is 18.1. The Balaban J connectivity index is 1.61. The molecule has 1 aromatic carbocycles. The maximum Gasteiger partial charge on any atom is 0.419 e. The molecule has 4 rings (SSSR count). The van der Waals surface area contributed by atoms with Gasteiger partial charge in [-0.15, -0.1) is 0 Å². The fourth-order valence-electron chi connectivity index (χ4n) is 6.02. The van der Waals surface area contributed by atoms with Crippen molar-refractivity contribution >= 4 is 16.1 Å². The third kappa shape index (κ3) is 4.26. The quantitative estimate of drug-likeness (QED) is 0.335. The summed E-state index contributed by atoms with van der Waals surface area (Å²) < 4.78 is 83.9. The molecule has 0 spiro atoms. The van der Waals surface area contributed by atoms with Crippen LogP contribution in [0.15, 0.2) is 30.9 Å². The first-order chi connectivity index (χ1) is 14.9. The van der Waals surface area contributed by atoms with Crippen molar-refractivity contribution in [2.75, 3.05) is 12.4 Å². The Morgan fingerprint density at radius 1 is 1.28 bits per heavy atom. The molecular weight excluding hydrogens is 449 g/mol. The highest BCUT2D eigenvalue weighted by atomic mass is 32.2. The number of hydrogen-bond donors (Lipinski definition) is 0. The predicted octanol–water partition coefficient (Wildman–Crippen LogP) is 4.17. The molecule has 3 aliphatic carbocycles. The van der Waals surface area contributed by atoms with Crippen LogP contribution in [-0.2, 0) is 21.0 Å². The molecule has 6 nitrogen and oxygen atoms in total. The minimum Gasteiger partial charge on any atom is -0.748 e. The maximum atomic E-state index is 13.7. The Labute approximate surface area is 184 Å². The first-order valence-electron chi connectivity index (χ1n) is 10.6. The summed E-state index contributed by atoms with van der Waals surface area (Å²) in [7, 11) is -4.59. The van der Waals surface area contributed by atoms with E-state index in [1.165, 1.54) is 0 Å². The minimum absolute atomic E-state index is 0.0800. The van der Waals surface area contributed by atoms with E-state index in [9.17, 15) is 30.9 Å². The summed E-state index contributed by atoms with van der Waals surface area (Å²) in [6.45, 7) is 3.18. The molecule has 10 heteroatoms. The monoisotopic (exact) mass is 473 g/mol. The van der Waals surface area contributed by atoms with E-state index in [1.54, 1.807) is 6.08 Å². The molecule has 3 fully saturated rings. The van der Waals surface area contributed by atoms with Crippen molar-refractivity contribution in [3.63, 3.8) is 0 Å². The van der Waals surface area contributed by atoms with Crippen LogP contribution in [0, 0.1) is 23.7 Å². The molecule has 0 heterocycles. The fourth-order valence-corrected chi connectivity index (χ4v) is 6.31. The number of rotatable bonds is 7. The summed E-state index contributed by atoms with van der Waals surface area (Å²) in [4.78, 5) is 12.2. The van der Waals surface area contributed by atoms with E-state index in [4.69, 9.17) is 9.47 Å². The van der Waals surface area contributed by atoms with Gasteiger partial charge in [-0.2, -0.15) is 13.2 Å². The number of alkyl halides is 3. The molecule has 5 unspecified atom stereocenters. The van der Waals surface area contributed by atoms with Crippen molar-refractivity contribution in [2.24, 2.45) is 23.7 Å². The van der Waals surface area contributed by atoms with E-state index >= 15 is 0 Å². The highest BCUT2D eigenvalue weighted by Crippen LogP contribution is 2.63. The van der Waals surface area contributed by atoms with Gasteiger partial charge in [0.2, 0.25) is 0 Å². The van der Waals surface area contributed by atoms with Gasteiger partial charge in [-0.3, -0.25) is 0 Å². The van der Waals surface area contributed by atoms with Crippen LogP contribution in [-0.4, -0.2) is 36.9 Å². The number of esters is 1. The summed E-state index contributed by atoms with van der Waals surface area (Å²) in [6, 6.07) is 2.66. The van der Waals surface area contributed by atoms with Crippen molar-refractivity contribution in [1.29, 1.82) is 0 Å². The van der Waals surface area contributed by atoms with Gasteiger partial charge >= 0.3 is 12.1 Å². The van der Waals surface area contributed by atoms with Gasteiger partial charge in [0.05, 0.1) is 27.0 Å². The molecule has 32 heavy (non-hydrogen) atoms. The zero-order valence-electron chi connectivity index (χ0n) is 17.3. The number of carbonyl (C=O) groups is 1. The van der Waals surface area contributed by atoms with Crippen LogP contribution < -0.4 is 4.74 Å². The normalized spacial score (nSPS) is 31.4. The third-order valence-corrected chi connectivity index (χ3v) is 7.91. The van der Waals surface area contributed by atoms with Gasteiger partial charge in [-0.1, -0.05) is 13.0 Å². The fraction of sp³-hybridized carbons (Fsp3) is 0.591. The number of carbonyl (C=O) groups excluding carboxylic acids is 1. The Kier molecular flexibility index (Phi) is 5.82. The van der Waals surface area contributed by atoms with Crippen LogP contribution in [0.25, 0.3) is 0 Å². The van der Waals surface area contributed by atoms with E-state index in [1.807, 2.05) is 0 Å². The highest BCUT2D eigenvalue weighted by Gasteiger charge is 2.61. The first kappa shape index (κ1) is 23.1. The second-order valence-corrected chi connectivity index (χ2v) is 10.5. The van der Waals surface area contributed by atoms with E-state index in [0.717, 1.165) is 43.9 Å². The second-order valence-electron chi connectivity index (χ2n) is 8.93. The van der Waals surface area contributed by atoms with Crippen LogP contribution in [0.4, 0.5) is 13.2 Å². The Hall–Kier alpha value is -2.07. The summed E-state index contributed by atoms with van der Waals surface area (Å²) in [5, 5.41) is 0. The standard InChI is InChI=1S/C22H25F3O6S/c1-2-21(12-14-10-18(21)16-5-3-4-15(14)16)31-19-11-13(6-7-17(19)22(23,24)25)20(26)30-8-9-32(27,28)29/h2,6-7,11,14-16,18H,1,3-5,8-10,12H2,(H,27,28,29)/p-1. The molecule has 2 bridgehead atoms. The summed E-state index contributed by atoms with van der Waals surface area (Å²) in [6.07, 6.45) is 1.69. The molecule has 0 N–H and O–H groups in total. The predicted molar refractivity (Wildman–Crippen MR) is 107 cm³/mol. The lowest BCUT2D eigenvalue weighted by atomic mass is 9.73. The van der Waals surface area contributed by atoms with Crippen LogP contribution in [0.1, 0.15) is 48.0 Å². The molecule has 0 saturated heterocycles. The van der Waals surface area contributed by atoms with Gasteiger partial charge in [0.15, 0.2) is 0 Å². The number of ether oxygens (including phenoxy) is 2. The summed E-state index contributed by atoms with van der Waals surface area (Å²) in [5.74, 6) is -0.971. The van der Waals surface area contributed by atoms with E-state index in [2.05, 4.69) is 6.58 Å². The van der Waals surface area contributed by atoms with Crippen LogP contribution in [0.2, 0.25) is 0 Å². The summed E-state index contributed by atoms with van der Waals surface area (Å²) in [5.41, 5.74) is -2.17. The van der Waals surface area contributed by atoms with Crippen molar-refractivity contribution in [2.45, 2.75) is 43.9 Å². The Morgan fingerprint density at radius 3 is 2.66 bits per heavy atom. The molecule has 176 valence electrons. The van der Waals surface area contributed by atoms with E-state index in [0.29, 0.717) is 24.2 Å².